The van der Waals surface area contributed by atoms with Gasteiger partial charge in [0, 0.05) is 6.54 Å². The third-order valence-corrected chi connectivity index (χ3v) is 2.00. The van der Waals surface area contributed by atoms with Gasteiger partial charge in [0.05, 0.1) is 18.6 Å². The minimum Gasteiger partial charge on any atom is -0.466 e. The molecule has 2 N–H and O–H groups in total. The predicted molar refractivity (Wildman–Crippen MR) is 43.7 cm³/mol. The van der Waals surface area contributed by atoms with Gasteiger partial charge in [0.25, 0.3) is 0 Å². The van der Waals surface area contributed by atoms with Gasteiger partial charge >= 0.3 is 5.97 Å². The summed E-state index contributed by atoms with van der Waals surface area (Å²) in [5.74, 6) is -0.316. The quantitative estimate of drug-likeness (QED) is 0.573. The van der Waals surface area contributed by atoms with Gasteiger partial charge in [-0.25, -0.2) is 0 Å². The molecule has 0 bridgehead atoms. The summed E-state index contributed by atoms with van der Waals surface area (Å²) in [5.41, 5.74) is -0.869. The molecule has 1 atom stereocenters. The molecule has 0 radical (unpaired) electrons. The average Bonchev–Trinajstić information content (AvgIpc) is 2.36. The van der Waals surface area contributed by atoms with Crippen LogP contribution in [-0.4, -0.2) is 36.4 Å². The van der Waals surface area contributed by atoms with E-state index in [1.54, 1.807) is 6.92 Å². The maximum atomic E-state index is 11.0. The number of ether oxygens (including phenoxy) is 1. The first-order valence-corrected chi connectivity index (χ1v) is 4.25. The number of hydrogen-bond donors (Lipinski definition) is 2. The minimum absolute atomic E-state index is 0.105. The molecule has 0 aromatic rings. The zero-order chi connectivity index (χ0) is 9.03. The summed E-state index contributed by atoms with van der Waals surface area (Å²) in [6, 6.07) is 0. The fourth-order valence-electron chi connectivity index (χ4n) is 1.36. The lowest BCUT2D eigenvalue weighted by Gasteiger charge is -2.19. The zero-order valence-electron chi connectivity index (χ0n) is 7.30. The Bertz CT molecular complexity index is 164. The molecule has 1 fully saturated rings. The molecular formula is C8H15NO3. The molecule has 0 aliphatic carbocycles. The summed E-state index contributed by atoms with van der Waals surface area (Å²) in [6.45, 7) is 3.40. The fraction of sp³-hybridized carbons (Fsp3) is 0.875. The second kappa shape index (κ2) is 3.87. The monoisotopic (exact) mass is 173 g/mol. The minimum atomic E-state index is -0.869. The Kier molecular flexibility index (Phi) is 3.05. The smallest absolute Gasteiger partial charge is 0.308 e. The highest BCUT2D eigenvalue weighted by Crippen LogP contribution is 2.18. The highest BCUT2D eigenvalue weighted by Gasteiger charge is 2.33. The number of carbonyl (C=O) groups excluding carboxylic acids is 1. The standard InChI is InChI=1S/C8H15NO3/c1-2-12-7(10)5-8(11)3-4-9-6-8/h9,11H,2-6H2,1H3/t8-/m1/s1. The number of β-amino-alcohol motifs (C(OH)–C–C–N with tert-alkyl or cyclic N) is 1. The molecule has 0 saturated carbocycles. The van der Waals surface area contributed by atoms with E-state index in [1.165, 1.54) is 0 Å². The van der Waals surface area contributed by atoms with E-state index in [1.807, 2.05) is 0 Å². The van der Waals surface area contributed by atoms with Crippen molar-refractivity contribution in [2.75, 3.05) is 19.7 Å². The highest BCUT2D eigenvalue weighted by atomic mass is 16.5. The molecule has 12 heavy (non-hydrogen) atoms. The summed E-state index contributed by atoms with van der Waals surface area (Å²) < 4.78 is 4.74. The lowest BCUT2D eigenvalue weighted by Crippen LogP contribution is -2.34. The lowest BCUT2D eigenvalue weighted by molar-refractivity contribution is -0.148. The third kappa shape index (κ3) is 2.46. The molecule has 0 amide bonds. The molecule has 1 aliphatic rings. The van der Waals surface area contributed by atoms with E-state index < -0.39 is 5.60 Å². The van der Waals surface area contributed by atoms with E-state index in [4.69, 9.17) is 4.74 Å². The molecule has 0 aromatic heterocycles. The van der Waals surface area contributed by atoms with Gasteiger partial charge in [-0.3, -0.25) is 4.79 Å². The SMILES string of the molecule is CCOC(=O)C[C@]1(O)CCNC1. The third-order valence-electron chi connectivity index (χ3n) is 2.00. The van der Waals surface area contributed by atoms with Crippen molar-refractivity contribution in [2.24, 2.45) is 0 Å². The molecule has 1 rings (SSSR count). The van der Waals surface area contributed by atoms with Crippen LogP contribution in [-0.2, 0) is 9.53 Å². The average molecular weight is 173 g/mol. The molecular weight excluding hydrogens is 158 g/mol. The van der Waals surface area contributed by atoms with Crippen molar-refractivity contribution in [3.05, 3.63) is 0 Å². The first-order chi connectivity index (χ1) is 5.66. The Morgan fingerprint density at radius 3 is 3.00 bits per heavy atom. The maximum absolute atomic E-state index is 11.0. The highest BCUT2D eigenvalue weighted by molar-refractivity contribution is 5.70. The normalized spacial score (nSPS) is 28.8. The van der Waals surface area contributed by atoms with Crippen molar-refractivity contribution >= 4 is 5.97 Å². The van der Waals surface area contributed by atoms with Crippen molar-refractivity contribution < 1.29 is 14.6 Å². The van der Waals surface area contributed by atoms with E-state index >= 15 is 0 Å². The van der Waals surface area contributed by atoms with Crippen LogP contribution in [0.3, 0.4) is 0 Å². The van der Waals surface area contributed by atoms with Crippen molar-refractivity contribution in [3.63, 3.8) is 0 Å². The molecule has 0 aromatic carbocycles. The number of esters is 1. The van der Waals surface area contributed by atoms with E-state index in [0.717, 1.165) is 6.54 Å². The van der Waals surface area contributed by atoms with E-state index in [9.17, 15) is 9.90 Å². The molecule has 1 aliphatic heterocycles. The van der Waals surface area contributed by atoms with Crippen molar-refractivity contribution in [1.29, 1.82) is 0 Å². The van der Waals surface area contributed by atoms with Gasteiger partial charge in [-0.1, -0.05) is 0 Å². The van der Waals surface area contributed by atoms with Crippen LogP contribution in [0.4, 0.5) is 0 Å². The summed E-state index contributed by atoms with van der Waals surface area (Å²) in [4.78, 5) is 11.0. The van der Waals surface area contributed by atoms with Crippen LogP contribution >= 0.6 is 0 Å². The van der Waals surface area contributed by atoms with Gasteiger partial charge in [0.1, 0.15) is 0 Å². The van der Waals surface area contributed by atoms with Crippen molar-refractivity contribution in [3.8, 4) is 0 Å². The predicted octanol–water partition coefficient (Wildman–Crippen LogP) is -0.336. The molecule has 1 saturated heterocycles. The second-order valence-corrected chi connectivity index (χ2v) is 3.13. The number of hydrogen-bond acceptors (Lipinski definition) is 4. The van der Waals surface area contributed by atoms with Crippen LogP contribution in [0.5, 0.6) is 0 Å². The summed E-state index contributed by atoms with van der Waals surface area (Å²) >= 11 is 0. The molecule has 0 unspecified atom stereocenters. The van der Waals surface area contributed by atoms with Crippen LogP contribution in [0.1, 0.15) is 19.8 Å². The first kappa shape index (κ1) is 9.48. The van der Waals surface area contributed by atoms with Gasteiger partial charge in [-0.15, -0.1) is 0 Å². The molecule has 4 heteroatoms. The Hall–Kier alpha value is -0.610. The number of aliphatic hydroxyl groups is 1. The summed E-state index contributed by atoms with van der Waals surface area (Å²) in [7, 11) is 0. The topological polar surface area (TPSA) is 58.6 Å². The maximum Gasteiger partial charge on any atom is 0.308 e. The van der Waals surface area contributed by atoms with Crippen molar-refractivity contribution in [2.45, 2.75) is 25.4 Å². The van der Waals surface area contributed by atoms with Crippen LogP contribution in [0.25, 0.3) is 0 Å². The Balaban J connectivity index is 2.33. The van der Waals surface area contributed by atoms with Crippen LogP contribution in [0.2, 0.25) is 0 Å². The fourth-order valence-corrected chi connectivity index (χ4v) is 1.36. The van der Waals surface area contributed by atoms with Crippen molar-refractivity contribution in [1.82, 2.24) is 5.32 Å². The van der Waals surface area contributed by atoms with E-state index in [-0.39, 0.29) is 12.4 Å². The van der Waals surface area contributed by atoms with Gasteiger partial charge in [-0.05, 0) is 19.9 Å². The summed E-state index contributed by atoms with van der Waals surface area (Å²) in [6.07, 6.45) is 0.736. The largest absolute Gasteiger partial charge is 0.466 e. The van der Waals surface area contributed by atoms with E-state index in [0.29, 0.717) is 19.6 Å². The van der Waals surface area contributed by atoms with Gasteiger partial charge < -0.3 is 15.2 Å². The summed E-state index contributed by atoms with van der Waals surface area (Å²) in [5, 5.41) is 12.7. The first-order valence-electron chi connectivity index (χ1n) is 4.25. The number of carbonyl (C=O) groups is 1. The van der Waals surface area contributed by atoms with E-state index in [2.05, 4.69) is 5.32 Å². The Morgan fingerprint density at radius 1 is 1.75 bits per heavy atom. The lowest BCUT2D eigenvalue weighted by atomic mass is 9.99. The Labute approximate surface area is 71.9 Å². The van der Waals surface area contributed by atoms with Gasteiger partial charge in [0.15, 0.2) is 0 Å². The number of nitrogens with one attached hydrogen (secondary N) is 1. The molecule has 4 nitrogen and oxygen atoms in total. The number of rotatable bonds is 3. The zero-order valence-corrected chi connectivity index (χ0v) is 7.30. The molecule has 0 spiro atoms. The van der Waals surface area contributed by atoms with Crippen LogP contribution < -0.4 is 5.32 Å². The second-order valence-electron chi connectivity index (χ2n) is 3.13. The van der Waals surface area contributed by atoms with Crippen LogP contribution in [0, 0.1) is 0 Å². The van der Waals surface area contributed by atoms with Crippen LogP contribution in [0.15, 0.2) is 0 Å². The van der Waals surface area contributed by atoms with Gasteiger partial charge in [0.2, 0.25) is 0 Å². The Morgan fingerprint density at radius 2 is 2.50 bits per heavy atom. The van der Waals surface area contributed by atoms with Gasteiger partial charge in [-0.2, -0.15) is 0 Å². The molecule has 1 heterocycles. The molecule has 70 valence electrons.